The molecule has 0 bridgehead atoms. The third kappa shape index (κ3) is 3.91. The second kappa shape index (κ2) is 6.64. The molecule has 1 heterocycles. The summed E-state index contributed by atoms with van der Waals surface area (Å²) in [5.41, 5.74) is 1.38. The minimum absolute atomic E-state index is 0.219. The van der Waals surface area contributed by atoms with Crippen LogP contribution in [-0.4, -0.2) is 29.4 Å². The van der Waals surface area contributed by atoms with E-state index < -0.39 is 0 Å². The van der Waals surface area contributed by atoms with E-state index in [0.717, 1.165) is 11.4 Å². The number of hydrogen-bond acceptors (Lipinski definition) is 3. The van der Waals surface area contributed by atoms with Crippen LogP contribution in [0.2, 0.25) is 0 Å². The molecule has 0 aliphatic carbocycles. The van der Waals surface area contributed by atoms with Crippen molar-refractivity contribution in [1.82, 2.24) is 10.3 Å². The minimum Gasteiger partial charge on any atom is -0.352 e. The smallest absolute Gasteiger partial charge is 0.261 e. The van der Waals surface area contributed by atoms with Gasteiger partial charge in [0, 0.05) is 12.2 Å². The Kier molecular flexibility index (Phi) is 5.47. The van der Waals surface area contributed by atoms with Crippen LogP contribution in [-0.2, 0) is 0 Å². The number of thioether (sulfide) groups is 1. The molecule has 1 aromatic heterocycles. The second-order valence-electron chi connectivity index (χ2n) is 4.61. The Morgan fingerprint density at radius 1 is 1.50 bits per heavy atom. The van der Waals surface area contributed by atoms with Crippen molar-refractivity contribution in [2.75, 3.05) is 18.6 Å². The molecule has 1 aromatic rings. The third-order valence-electron chi connectivity index (χ3n) is 2.65. The normalized spacial score (nSPS) is 12.2. The number of hydrogen-bond donors (Lipinski definition) is 2. The summed E-state index contributed by atoms with van der Waals surface area (Å²) in [6.07, 6.45) is 2.03. The van der Waals surface area contributed by atoms with E-state index in [4.69, 9.17) is 0 Å². The van der Waals surface area contributed by atoms with Crippen LogP contribution in [0.15, 0.2) is 10.9 Å². The van der Waals surface area contributed by atoms with Gasteiger partial charge in [-0.05, 0) is 43.4 Å². The molecule has 1 amide bonds. The van der Waals surface area contributed by atoms with Crippen molar-refractivity contribution in [3.8, 4) is 0 Å². The van der Waals surface area contributed by atoms with Crippen molar-refractivity contribution < 1.29 is 4.79 Å². The molecule has 100 valence electrons. The van der Waals surface area contributed by atoms with Gasteiger partial charge in [-0.2, -0.15) is 11.8 Å². The predicted molar refractivity (Wildman–Crippen MR) is 76.4 cm³/mol. The summed E-state index contributed by atoms with van der Waals surface area (Å²) in [7, 11) is 0. The summed E-state index contributed by atoms with van der Waals surface area (Å²) in [6.45, 7) is 6.24. The number of aromatic amines is 1. The number of H-pyrrole nitrogens is 1. The highest BCUT2D eigenvalue weighted by atomic mass is 32.2. The topological polar surface area (TPSA) is 62.0 Å². The maximum Gasteiger partial charge on any atom is 0.261 e. The quantitative estimate of drug-likeness (QED) is 0.854. The van der Waals surface area contributed by atoms with Crippen molar-refractivity contribution in [1.29, 1.82) is 0 Å². The summed E-state index contributed by atoms with van der Waals surface area (Å²) in [4.78, 5) is 26.4. The van der Waals surface area contributed by atoms with Crippen LogP contribution in [0.3, 0.4) is 0 Å². The molecule has 5 heteroatoms. The SMILES string of the molecule is CSC[C@@H](C)CNC(=O)c1c(C)cc(C)[nH]c1=O. The molecule has 0 aromatic carbocycles. The predicted octanol–water partition coefficient (Wildman–Crippen LogP) is 1.72. The standard InChI is InChI=1S/C13H20N2O2S/c1-8(7-18-4)6-14-12(16)11-9(2)5-10(3)15-13(11)17/h5,8H,6-7H2,1-4H3,(H,14,16)(H,15,17)/t8-/m0/s1. The first-order chi connectivity index (χ1) is 8.45. The Labute approximate surface area is 112 Å². The number of aromatic nitrogens is 1. The van der Waals surface area contributed by atoms with Gasteiger partial charge < -0.3 is 10.3 Å². The van der Waals surface area contributed by atoms with Crippen LogP contribution in [0.1, 0.15) is 28.5 Å². The summed E-state index contributed by atoms with van der Waals surface area (Å²) in [5, 5.41) is 2.81. The minimum atomic E-state index is -0.317. The van der Waals surface area contributed by atoms with E-state index in [2.05, 4.69) is 17.2 Å². The lowest BCUT2D eigenvalue weighted by molar-refractivity contribution is 0.0947. The highest BCUT2D eigenvalue weighted by Crippen LogP contribution is 2.05. The molecule has 0 saturated carbocycles. The molecule has 4 nitrogen and oxygen atoms in total. The van der Waals surface area contributed by atoms with Gasteiger partial charge in [0.05, 0.1) is 0 Å². The Balaban J connectivity index is 2.76. The van der Waals surface area contributed by atoms with E-state index in [9.17, 15) is 9.59 Å². The third-order valence-corrected chi connectivity index (χ3v) is 3.56. The molecule has 0 aliphatic rings. The van der Waals surface area contributed by atoms with Crippen molar-refractivity contribution in [2.24, 2.45) is 5.92 Å². The number of nitrogens with one attached hydrogen (secondary N) is 2. The van der Waals surface area contributed by atoms with Gasteiger partial charge in [0.2, 0.25) is 0 Å². The number of rotatable bonds is 5. The molecule has 0 radical (unpaired) electrons. The van der Waals surface area contributed by atoms with Gasteiger partial charge in [-0.25, -0.2) is 0 Å². The van der Waals surface area contributed by atoms with E-state index in [-0.39, 0.29) is 17.0 Å². The fourth-order valence-electron chi connectivity index (χ4n) is 1.83. The fraction of sp³-hybridized carbons (Fsp3) is 0.538. The first-order valence-corrected chi connectivity index (χ1v) is 7.32. The highest BCUT2D eigenvalue weighted by molar-refractivity contribution is 7.98. The van der Waals surface area contributed by atoms with Crippen LogP contribution in [0.4, 0.5) is 0 Å². The van der Waals surface area contributed by atoms with Crippen LogP contribution in [0, 0.1) is 19.8 Å². The number of amides is 1. The first-order valence-electron chi connectivity index (χ1n) is 5.93. The van der Waals surface area contributed by atoms with Crippen molar-refractivity contribution in [2.45, 2.75) is 20.8 Å². The number of pyridine rings is 1. The Morgan fingerprint density at radius 3 is 2.72 bits per heavy atom. The number of carbonyl (C=O) groups excluding carboxylic acids is 1. The van der Waals surface area contributed by atoms with Crippen molar-refractivity contribution >= 4 is 17.7 Å². The Morgan fingerprint density at radius 2 is 2.17 bits per heavy atom. The fourth-order valence-corrected chi connectivity index (χ4v) is 2.52. The lowest BCUT2D eigenvalue weighted by atomic mass is 10.1. The summed E-state index contributed by atoms with van der Waals surface area (Å²) >= 11 is 1.75. The van der Waals surface area contributed by atoms with Gasteiger partial charge in [-0.3, -0.25) is 9.59 Å². The molecule has 2 N–H and O–H groups in total. The lowest BCUT2D eigenvalue weighted by Gasteiger charge is -2.12. The Bertz CT molecular complexity index is 482. The van der Waals surface area contributed by atoms with Gasteiger partial charge in [-0.15, -0.1) is 0 Å². The monoisotopic (exact) mass is 268 g/mol. The first kappa shape index (κ1) is 14.8. The molecule has 0 saturated heterocycles. The van der Waals surface area contributed by atoms with Gasteiger partial charge in [-0.1, -0.05) is 6.92 Å². The van der Waals surface area contributed by atoms with E-state index in [1.165, 1.54) is 0 Å². The summed E-state index contributed by atoms with van der Waals surface area (Å²) in [5.74, 6) is 1.10. The van der Waals surface area contributed by atoms with Crippen molar-refractivity contribution in [3.05, 3.63) is 33.2 Å². The van der Waals surface area contributed by atoms with Gasteiger partial charge >= 0.3 is 0 Å². The molecule has 18 heavy (non-hydrogen) atoms. The molecular weight excluding hydrogens is 248 g/mol. The zero-order valence-corrected chi connectivity index (χ0v) is 12.1. The van der Waals surface area contributed by atoms with Crippen LogP contribution >= 0.6 is 11.8 Å². The number of aryl methyl sites for hydroxylation is 2. The van der Waals surface area contributed by atoms with Crippen molar-refractivity contribution in [3.63, 3.8) is 0 Å². The lowest BCUT2D eigenvalue weighted by Crippen LogP contribution is -2.34. The zero-order valence-electron chi connectivity index (χ0n) is 11.3. The summed E-state index contributed by atoms with van der Waals surface area (Å²) in [6, 6.07) is 1.81. The average Bonchev–Trinajstić information content (AvgIpc) is 2.25. The highest BCUT2D eigenvalue weighted by Gasteiger charge is 2.14. The average molecular weight is 268 g/mol. The molecular formula is C13H20N2O2S. The van der Waals surface area contributed by atoms with E-state index in [1.807, 2.05) is 12.3 Å². The molecule has 0 aliphatic heterocycles. The molecule has 1 atom stereocenters. The molecule has 0 spiro atoms. The van der Waals surface area contributed by atoms with Gasteiger partial charge in [0.25, 0.3) is 11.5 Å². The van der Waals surface area contributed by atoms with E-state index in [1.54, 1.807) is 25.6 Å². The Hall–Kier alpha value is -1.23. The molecule has 0 unspecified atom stereocenters. The van der Waals surface area contributed by atoms with Gasteiger partial charge in [0.15, 0.2) is 0 Å². The number of carbonyl (C=O) groups is 1. The molecule has 0 fully saturated rings. The zero-order chi connectivity index (χ0) is 13.7. The maximum absolute atomic E-state index is 12.0. The molecule has 1 rings (SSSR count). The maximum atomic E-state index is 12.0. The van der Waals surface area contributed by atoms with Crippen LogP contribution in [0.5, 0.6) is 0 Å². The van der Waals surface area contributed by atoms with E-state index >= 15 is 0 Å². The van der Waals surface area contributed by atoms with Gasteiger partial charge in [0.1, 0.15) is 5.56 Å². The van der Waals surface area contributed by atoms with Crippen LogP contribution < -0.4 is 10.9 Å². The second-order valence-corrected chi connectivity index (χ2v) is 5.52. The summed E-state index contributed by atoms with van der Waals surface area (Å²) < 4.78 is 0. The van der Waals surface area contributed by atoms with Crippen LogP contribution in [0.25, 0.3) is 0 Å². The largest absolute Gasteiger partial charge is 0.352 e. The van der Waals surface area contributed by atoms with E-state index in [0.29, 0.717) is 18.0 Å².